The van der Waals surface area contributed by atoms with Crippen LogP contribution in [0, 0.1) is 11.7 Å². The number of aromatic nitrogens is 5. The molecule has 0 bridgehead atoms. The Balaban J connectivity index is 1.21. The molecule has 176 valence electrons. The number of rotatable bonds is 6. The minimum absolute atomic E-state index is 0.0367. The number of benzene rings is 1. The molecule has 0 saturated carbocycles. The van der Waals surface area contributed by atoms with E-state index in [0.29, 0.717) is 41.9 Å². The fraction of sp³-hybridized carbons (Fsp3) is 0.348. The maximum absolute atomic E-state index is 13.3. The van der Waals surface area contributed by atoms with Crippen LogP contribution in [0.5, 0.6) is 0 Å². The second-order valence-electron chi connectivity index (χ2n) is 8.30. The van der Waals surface area contributed by atoms with Gasteiger partial charge in [-0.3, -0.25) is 19.4 Å². The molecule has 34 heavy (non-hydrogen) atoms. The van der Waals surface area contributed by atoms with Crippen molar-refractivity contribution >= 4 is 29.5 Å². The Hall–Kier alpha value is -3.15. The van der Waals surface area contributed by atoms with Crippen molar-refractivity contribution in [3.8, 4) is 22.1 Å². The highest BCUT2D eigenvalue weighted by Gasteiger charge is 2.29. The Bertz CT molecular complexity index is 1330. The average Bonchev–Trinajstić information content (AvgIpc) is 3.60. The highest BCUT2D eigenvalue weighted by atomic mass is 32.1. The number of hydrogen-bond donors (Lipinski definition) is 1. The number of nitrogens with zero attached hydrogens (tertiary/aromatic N) is 6. The number of hydrogen-bond acceptors (Lipinski definition) is 8. The first-order chi connectivity index (χ1) is 16.5. The third-order valence-corrected chi connectivity index (χ3v) is 7.24. The van der Waals surface area contributed by atoms with Crippen LogP contribution in [0.25, 0.3) is 22.1 Å². The van der Waals surface area contributed by atoms with Gasteiger partial charge < -0.3 is 9.42 Å². The zero-order chi connectivity index (χ0) is 23.7. The summed E-state index contributed by atoms with van der Waals surface area (Å²) in [6.45, 7) is 7.18. The normalized spacial score (nSPS) is 15.5. The van der Waals surface area contributed by atoms with Crippen molar-refractivity contribution in [1.29, 1.82) is 0 Å². The summed E-state index contributed by atoms with van der Waals surface area (Å²) < 4.78 is 7.75. The smallest absolute Gasteiger partial charge is 0.245 e. The highest BCUT2D eigenvalue weighted by molar-refractivity contribution is 7.71. The van der Waals surface area contributed by atoms with Crippen molar-refractivity contribution < 1.29 is 9.32 Å². The molecule has 1 atom stereocenters. The van der Waals surface area contributed by atoms with Gasteiger partial charge in [-0.05, 0) is 43.1 Å². The number of thiophene rings is 1. The van der Waals surface area contributed by atoms with Gasteiger partial charge in [-0.25, -0.2) is 0 Å². The van der Waals surface area contributed by atoms with E-state index in [1.54, 1.807) is 15.9 Å². The molecule has 1 saturated heterocycles. The van der Waals surface area contributed by atoms with Gasteiger partial charge >= 0.3 is 0 Å². The molecule has 1 amide bonds. The molecule has 1 unspecified atom stereocenters. The van der Waals surface area contributed by atoms with E-state index in [2.05, 4.69) is 25.2 Å². The van der Waals surface area contributed by atoms with Crippen LogP contribution in [0.15, 0.2) is 46.3 Å². The Morgan fingerprint density at radius 1 is 1.21 bits per heavy atom. The lowest BCUT2D eigenvalue weighted by atomic mass is 10.1. The predicted molar refractivity (Wildman–Crippen MR) is 132 cm³/mol. The van der Waals surface area contributed by atoms with Crippen LogP contribution in [0.2, 0.25) is 0 Å². The summed E-state index contributed by atoms with van der Waals surface area (Å²) in [7, 11) is 0. The highest BCUT2D eigenvalue weighted by Crippen LogP contribution is 2.26. The number of carbonyl (C=O) groups excluding carboxylic acids is 1. The molecule has 4 aromatic rings. The molecule has 1 aromatic carbocycles. The van der Waals surface area contributed by atoms with Gasteiger partial charge in [-0.2, -0.15) is 10.1 Å². The minimum atomic E-state index is -0.442. The number of aryl methyl sites for hydroxylation is 1. The molecule has 0 aliphatic carbocycles. The Kier molecular flexibility index (Phi) is 6.40. The molecule has 0 radical (unpaired) electrons. The first kappa shape index (κ1) is 22.6. The van der Waals surface area contributed by atoms with Gasteiger partial charge in [0.25, 0.3) is 0 Å². The summed E-state index contributed by atoms with van der Waals surface area (Å²) in [5.74, 6) is 1.92. The molecule has 1 N–H and O–H groups in total. The first-order valence-corrected chi connectivity index (χ1v) is 12.4. The van der Waals surface area contributed by atoms with Crippen molar-refractivity contribution in [3.05, 3.63) is 58.0 Å². The molecule has 11 heteroatoms. The van der Waals surface area contributed by atoms with Gasteiger partial charge in [0.05, 0.1) is 11.4 Å². The van der Waals surface area contributed by atoms with Crippen molar-refractivity contribution in [3.63, 3.8) is 0 Å². The predicted octanol–water partition coefficient (Wildman–Crippen LogP) is 3.93. The van der Waals surface area contributed by atoms with Crippen LogP contribution >= 0.6 is 23.6 Å². The molecule has 0 spiro atoms. The SMILES string of the molecule is Cc1ccccc1-c1noc(CN2CCN(C(=O)C(C)n3c(-c4cccs4)n[nH]c3=S)CC2)n1. The molecule has 9 nitrogen and oxygen atoms in total. The first-order valence-electron chi connectivity index (χ1n) is 11.1. The third kappa shape index (κ3) is 4.46. The topological polar surface area (TPSA) is 96.1 Å². The summed E-state index contributed by atoms with van der Waals surface area (Å²) in [5, 5.41) is 13.3. The molecular formula is C23H25N7O2S2. The van der Waals surface area contributed by atoms with Crippen LogP contribution in [-0.2, 0) is 11.3 Å². The fourth-order valence-corrected chi connectivity index (χ4v) is 5.19. The van der Waals surface area contributed by atoms with Crippen LogP contribution in [-0.4, -0.2) is 66.8 Å². The van der Waals surface area contributed by atoms with Gasteiger partial charge in [0.15, 0.2) is 10.6 Å². The number of amides is 1. The molecule has 5 rings (SSSR count). The third-order valence-electron chi connectivity index (χ3n) is 6.09. The Labute approximate surface area is 206 Å². The number of piperazine rings is 1. The van der Waals surface area contributed by atoms with Gasteiger partial charge in [0, 0.05) is 31.7 Å². The Morgan fingerprint density at radius 3 is 2.74 bits per heavy atom. The summed E-state index contributed by atoms with van der Waals surface area (Å²) >= 11 is 7.00. The number of aromatic amines is 1. The van der Waals surface area contributed by atoms with E-state index in [4.69, 9.17) is 16.7 Å². The van der Waals surface area contributed by atoms with Crippen molar-refractivity contribution in [2.75, 3.05) is 26.2 Å². The van der Waals surface area contributed by atoms with Crippen LogP contribution < -0.4 is 0 Å². The molecule has 1 aliphatic heterocycles. The van der Waals surface area contributed by atoms with Crippen LogP contribution in [0.3, 0.4) is 0 Å². The maximum atomic E-state index is 13.3. The Morgan fingerprint density at radius 2 is 2.00 bits per heavy atom. The second-order valence-corrected chi connectivity index (χ2v) is 9.64. The summed E-state index contributed by atoms with van der Waals surface area (Å²) in [4.78, 5) is 22.9. The van der Waals surface area contributed by atoms with E-state index in [1.165, 1.54) is 0 Å². The molecule has 3 aromatic heterocycles. The van der Waals surface area contributed by atoms with E-state index >= 15 is 0 Å². The average molecular weight is 496 g/mol. The van der Waals surface area contributed by atoms with E-state index in [1.807, 2.05) is 60.5 Å². The number of H-pyrrole nitrogens is 1. The van der Waals surface area contributed by atoms with Gasteiger partial charge in [-0.15, -0.1) is 11.3 Å². The van der Waals surface area contributed by atoms with Crippen LogP contribution in [0.4, 0.5) is 0 Å². The lowest BCUT2D eigenvalue weighted by Crippen LogP contribution is -2.50. The summed E-state index contributed by atoms with van der Waals surface area (Å²) in [6.07, 6.45) is 0. The molecule has 4 heterocycles. The number of nitrogens with one attached hydrogen (secondary N) is 1. The molecule has 1 fully saturated rings. The zero-order valence-electron chi connectivity index (χ0n) is 19.0. The van der Waals surface area contributed by atoms with E-state index in [0.717, 1.165) is 29.1 Å². The summed E-state index contributed by atoms with van der Waals surface area (Å²) in [5.41, 5.74) is 2.08. The van der Waals surface area contributed by atoms with Gasteiger partial charge in [0.1, 0.15) is 6.04 Å². The lowest BCUT2D eigenvalue weighted by molar-refractivity contribution is -0.136. The van der Waals surface area contributed by atoms with E-state index in [9.17, 15) is 4.79 Å². The molecule has 1 aliphatic rings. The maximum Gasteiger partial charge on any atom is 0.245 e. The molecular weight excluding hydrogens is 470 g/mol. The summed E-state index contributed by atoms with van der Waals surface area (Å²) in [6, 6.07) is 11.5. The standard InChI is InChI=1S/C23H25N7O2S2/c1-15-6-3-4-7-17(15)20-24-19(32-27-20)14-28-9-11-29(12-10-28)22(31)16(2)30-21(25-26-23(30)33)18-8-5-13-34-18/h3-8,13,16H,9-12,14H2,1-2H3,(H,26,33). The number of carbonyl (C=O) groups is 1. The van der Waals surface area contributed by atoms with E-state index in [-0.39, 0.29) is 5.91 Å². The quantitative estimate of drug-likeness (QED) is 0.405. The van der Waals surface area contributed by atoms with Gasteiger partial charge in [-0.1, -0.05) is 35.5 Å². The lowest BCUT2D eigenvalue weighted by Gasteiger charge is -2.35. The van der Waals surface area contributed by atoms with Crippen LogP contribution in [0.1, 0.15) is 24.4 Å². The van der Waals surface area contributed by atoms with E-state index < -0.39 is 6.04 Å². The second kappa shape index (κ2) is 9.61. The fourth-order valence-electron chi connectivity index (χ4n) is 4.19. The largest absolute Gasteiger partial charge is 0.338 e. The minimum Gasteiger partial charge on any atom is -0.338 e. The van der Waals surface area contributed by atoms with Crippen molar-refractivity contribution in [2.45, 2.75) is 26.4 Å². The zero-order valence-corrected chi connectivity index (χ0v) is 20.6. The van der Waals surface area contributed by atoms with Crippen molar-refractivity contribution in [1.82, 2.24) is 34.7 Å². The van der Waals surface area contributed by atoms with Gasteiger partial charge in [0.2, 0.25) is 17.6 Å². The van der Waals surface area contributed by atoms with Crippen molar-refractivity contribution in [2.24, 2.45) is 0 Å². The monoisotopic (exact) mass is 495 g/mol.